The van der Waals surface area contributed by atoms with Gasteiger partial charge in [0.1, 0.15) is 23.9 Å². The molecule has 30 heavy (non-hydrogen) atoms. The number of ketones is 1. The number of carbonyl (C=O) groups is 1. The number of hydrogen-bond donors (Lipinski definition) is 0. The Morgan fingerprint density at radius 3 is 2.60 bits per heavy atom. The van der Waals surface area contributed by atoms with Gasteiger partial charge in [0.15, 0.2) is 5.78 Å². The molecule has 2 heterocycles. The minimum absolute atomic E-state index is 0.0117. The predicted molar refractivity (Wildman–Crippen MR) is 115 cm³/mol. The molecule has 0 aromatic heterocycles. The molecule has 0 spiro atoms. The molecule has 2 aromatic carbocycles. The van der Waals surface area contributed by atoms with Crippen LogP contribution in [-0.4, -0.2) is 63.9 Å². The van der Waals surface area contributed by atoms with Gasteiger partial charge in [-0.25, -0.2) is 0 Å². The highest BCUT2D eigenvalue weighted by Crippen LogP contribution is 2.31. The first-order valence-electron chi connectivity index (χ1n) is 10.3. The highest BCUT2D eigenvalue weighted by atomic mass is 16.5. The summed E-state index contributed by atoms with van der Waals surface area (Å²) in [6.07, 6.45) is 2.86. The van der Waals surface area contributed by atoms with E-state index in [0.29, 0.717) is 29.2 Å². The molecule has 0 saturated carbocycles. The third-order valence-corrected chi connectivity index (χ3v) is 5.32. The number of methoxy groups -OCH3 is 1. The van der Waals surface area contributed by atoms with Crippen molar-refractivity contribution in [3.05, 3.63) is 59.2 Å². The van der Waals surface area contributed by atoms with Crippen LogP contribution in [0, 0.1) is 0 Å². The Hall–Kier alpha value is -2.83. The second-order valence-corrected chi connectivity index (χ2v) is 7.37. The number of morpholine rings is 1. The van der Waals surface area contributed by atoms with Crippen LogP contribution >= 0.6 is 0 Å². The monoisotopic (exact) mass is 409 g/mol. The van der Waals surface area contributed by atoms with Gasteiger partial charge in [0.05, 0.1) is 32.5 Å². The average molecular weight is 409 g/mol. The maximum Gasteiger partial charge on any atom is 0.196 e. The summed E-state index contributed by atoms with van der Waals surface area (Å²) in [6.45, 7) is 5.62. The number of Topliss-reactive ketones (excluding diaryl/α,β-unsaturated/α-hetero) is 1. The average Bonchev–Trinajstić information content (AvgIpc) is 2.80. The first-order chi connectivity index (χ1) is 14.7. The lowest BCUT2D eigenvalue weighted by Crippen LogP contribution is -2.37. The first-order valence-corrected chi connectivity index (χ1v) is 10.3. The summed E-state index contributed by atoms with van der Waals surface area (Å²) in [5, 5.41) is 0. The highest BCUT2D eigenvalue weighted by Gasteiger charge is 2.23. The van der Waals surface area contributed by atoms with E-state index in [2.05, 4.69) is 4.90 Å². The Bertz CT molecular complexity index is 900. The van der Waals surface area contributed by atoms with Gasteiger partial charge in [-0.3, -0.25) is 9.69 Å². The van der Waals surface area contributed by atoms with Gasteiger partial charge in [-0.05, 0) is 42.3 Å². The van der Waals surface area contributed by atoms with Gasteiger partial charge < -0.3 is 18.9 Å². The normalized spacial score (nSPS) is 18.0. The lowest BCUT2D eigenvalue weighted by Gasteiger charge is -2.26. The Labute approximate surface area is 177 Å². The minimum Gasteiger partial charge on any atom is -0.497 e. The Kier molecular flexibility index (Phi) is 6.67. The Morgan fingerprint density at radius 1 is 1.07 bits per heavy atom. The van der Waals surface area contributed by atoms with Crippen LogP contribution < -0.4 is 14.2 Å². The molecule has 2 aromatic rings. The summed E-state index contributed by atoms with van der Waals surface area (Å²) in [4.78, 5) is 15.2. The summed E-state index contributed by atoms with van der Waals surface area (Å²) in [7, 11) is 1.59. The number of ether oxygens (including phenoxy) is 4. The number of carbonyl (C=O) groups excluding carboxylic acids is 1. The van der Waals surface area contributed by atoms with Gasteiger partial charge in [0, 0.05) is 31.3 Å². The van der Waals surface area contributed by atoms with E-state index in [9.17, 15) is 4.79 Å². The SMILES string of the molecule is COc1ccc2c(c1)OC/C(=C\c1ccc(OCCCN3CCOCC3)cc1)C2=O. The van der Waals surface area contributed by atoms with Crippen molar-refractivity contribution in [3.63, 3.8) is 0 Å². The van der Waals surface area contributed by atoms with E-state index in [1.807, 2.05) is 30.3 Å². The van der Waals surface area contributed by atoms with Crippen molar-refractivity contribution in [1.82, 2.24) is 4.90 Å². The first kappa shape index (κ1) is 20.4. The number of nitrogens with zero attached hydrogens (tertiary/aromatic N) is 1. The number of rotatable bonds is 7. The van der Waals surface area contributed by atoms with Crippen LogP contribution in [0.4, 0.5) is 0 Å². The van der Waals surface area contributed by atoms with Crippen molar-refractivity contribution >= 4 is 11.9 Å². The van der Waals surface area contributed by atoms with Crippen LogP contribution in [0.25, 0.3) is 6.08 Å². The van der Waals surface area contributed by atoms with Crippen molar-refractivity contribution in [1.29, 1.82) is 0 Å². The maximum absolute atomic E-state index is 12.8. The zero-order valence-corrected chi connectivity index (χ0v) is 17.3. The molecule has 6 nitrogen and oxygen atoms in total. The minimum atomic E-state index is -0.0117. The van der Waals surface area contributed by atoms with Gasteiger partial charge >= 0.3 is 0 Å². The Morgan fingerprint density at radius 2 is 1.83 bits per heavy atom. The van der Waals surface area contributed by atoms with Gasteiger partial charge in [0.2, 0.25) is 0 Å². The van der Waals surface area contributed by atoms with E-state index < -0.39 is 0 Å². The highest BCUT2D eigenvalue weighted by molar-refractivity contribution is 6.14. The molecule has 6 heteroatoms. The molecular weight excluding hydrogens is 382 g/mol. The molecule has 0 aliphatic carbocycles. The predicted octanol–water partition coefficient (Wildman–Crippen LogP) is 3.46. The van der Waals surface area contributed by atoms with Crippen LogP contribution in [0.3, 0.4) is 0 Å². The number of fused-ring (bicyclic) bond motifs is 1. The number of hydrogen-bond acceptors (Lipinski definition) is 6. The largest absolute Gasteiger partial charge is 0.497 e. The van der Waals surface area contributed by atoms with Crippen LogP contribution in [0.5, 0.6) is 17.2 Å². The fraction of sp³-hybridized carbons (Fsp3) is 0.375. The van der Waals surface area contributed by atoms with Crippen LogP contribution in [0.15, 0.2) is 48.0 Å². The third kappa shape index (κ3) is 5.01. The van der Waals surface area contributed by atoms with Crippen molar-refractivity contribution < 1.29 is 23.7 Å². The van der Waals surface area contributed by atoms with E-state index in [-0.39, 0.29) is 12.4 Å². The topological polar surface area (TPSA) is 57.2 Å². The second-order valence-electron chi connectivity index (χ2n) is 7.37. The zero-order valence-electron chi connectivity index (χ0n) is 17.3. The molecular formula is C24H27NO5. The third-order valence-electron chi connectivity index (χ3n) is 5.32. The molecule has 0 atom stereocenters. The lowest BCUT2D eigenvalue weighted by atomic mass is 9.98. The van der Waals surface area contributed by atoms with Crippen molar-refractivity contribution in [2.45, 2.75) is 6.42 Å². The molecule has 158 valence electrons. The molecule has 2 aliphatic heterocycles. The summed E-state index contributed by atoms with van der Waals surface area (Å²) in [5.41, 5.74) is 2.14. The molecule has 0 bridgehead atoms. The fourth-order valence-corrected chi connectivity index (χ4v) is 3.60. The van der Waals surface area contributed by atoms with E-state index in [4.69, 9.17) is 18.9 Å². The van der Waals surface area contributed by atoms with Crippen molar-refractivity contribution in [2.24, 2.45) is 0 Å². The summed E-state index contributed by atoms with van der Waals surface area (Å²) in [6, 6.07) is 13.1. The molecule has 4 rings (SSSR count). The molecule has 1 fully saturated rings. The maximum atomic E-state index is 12.8. The quantitative estimate of drug-likeness (QED) is 0.516. The summed E-state index contributed by atoms with van der Waals surface area (Å²) >= 11 is 0. The van der Waals surface area contributed by atoms with Crippen molar-refractivity contribution in [3.8, 4) is 17.2 Å². The standard InChI is InChI=1S/C24H27NO5/c1-27-21-7-8-22-23(16-21)30-17-19(24(22)26)15-18-3-5-20(6-4-18)29-12-2-9-25-10-13-28-14-11-25/h3-8,15-16H,2,9-14,17H2,1H3/b19-15+. The smallest absolute Gasteiger partial charge is 0.196 e. The Balaban J connectivity index is 1.31. The van der Waals surface area contributed by atoms with E-state index >= 15 is 0 Å². The van der Waals surface area contributed by atoms with Gasteiger partial charge in [-0.2, -0.15) is 0 Å². The lowest BCUT2D eigenvalue weighted by molar-refractivity contribution is 0.0358. The molecule has 0 radical (unpaired) electrons. The van der Waals surface area contributed by atoms with Crippen molar-refractivity contribution in [2.75, 3.05) is 53.2 Å². The molecule has 1 saturated heterocycles. The van der Waals surface area contributed by atoms with Gasteiger partial charge in [-0.1, -0.05) is 12.1 Å². The summed E-state index contributed by atoms with van der Waals surface area (Å²) in [5.74, 6) is 2.07. The molecule has 0 N–H and O–H groups in total. The fourth-order valence-electron chi connectivity index (χ4n) is 3.60. The molecule has 0 amide bonds. The molecule has 0 unspecified atom stereocenters. The zero-order chi connectivity index (χ0) is 20.8. The van der Waals surface area contributed by atoms with Gasteiger partial charge in [0.25, 0.3) is 0 Å². The van der Waals surface area contributed by atoms with E-state index in [1.54, 1.807) is 25.3 Å². The second kappa shape index (κ2) is 9.78. The van der Waals surface area contributed by atoms with E-state index in [1.165, 1.54) is 0 Å². The van der Waals surface area contributed by atoms with E-state index in [0.717, 1.165) is 50.6 Å². The van der Waals surface area contributed by atoms with Crippen LogP contribution in [0.1, 0.15) is 22.3 Å². The van der Waals surface area contributed by atoms with Crippen LogP contribution in [-0.2, 0) is 4.74 Å². The van der Waals surface area contributed by atoms with Crippen LogP contribution in [0.2, 0.25) is 0 Å². The number of benzene rings is 2. The molecule has 2 aliphatic rings. The summed E-state index contributed by atoms with van der Waals surface area (Å²) < 4.78 is 22.2. The van der Waals surface area contributed by atoms with Gasteiger partial charge in [-0.15, -0.1) is 0 Å².